The highest BCUT2D eigenvalue weighted by Crippen LogP contribution is 2.43. The molecular formula is C16H36OS. The van der Waals surface area contributed by atoms with Gasteiger partial charge in [-0.25, -0.2) is 0 Å². The molecule has 0 atom stereocenters. The second-order valence-electron chi connectivity index (χ2n) is 5.46. The normalized spacial score (nSPS) is 12.9. The van der Waals surface area contributed by atoms with Crippen molar-refractivity contribution < 1.29 is 4.55 Å². The minimum Gasteiger partial charge on any atom is -0.351 e. The third-order valence-corrected chi connectivity index (χ3v) is 7.15. The fraction of sp³-hybridized carbons (Fsp3) is 1.00. The largest absolute Gasteiger partial charge is 0.351 e. The summed E-state index contributed by atoms with van der Waals surface area (Å²) in [5, 5.41) is 0. The van der Waals surface area contributed by atoms with E-state index in [2.05, 4.69) is 20.8 Å². The molecule has 18 heavy (non-hydrogen) atoms. The molecule has 0 amide bonds. The molecule has 0 spiro atoms. The molecular weight excluding hydrogens is 240 g/mol. The lowest BCUT2D eigenvalue weighted by Gasteiger charge is -2.31. The zero-order valence-corrected chi connectivity index (χ0v) is 13.9. The van der Waals surface area contributed by atoms with Gasteiger partial charge in [0, 0.05) is 0 Å². The average Bonchev–Trinajstić information content (AvgIpc) is 2.40. The van der Waals surface area contributed by atoms with Gasteiger partial charge < -0.3 is 4.55 Å². The van der Waals surface area contributed by atoms with Gasteiger partial charge in [0.15, 0.2) is 0 Å². The first kappa shape index (κ1) is 18.3. The first-order chi connectivity index (χ1) is 8.68. The minimum atomic E-state index is -1.22. The molecule has 0 saturated carbocycles. The fourth-order valence-corrected chi connectivity index (χ4v) is 4.08. The van der Waals surface area contributed by atoms with E-state index in [1.54, 1.807) is 0 Å². The van der Waals surface area contributed by atoms with Crippen LogP contribution in [-0.4, -0.2) is 21.8 Å². The second-order valence-corrected chi connectivity index (χ2v) is 9.03. The Balaban J connectivity index is 3.21. The average molecular weight is 277 g/mol. The van der Waals surface area contributed by atoms with E-state index in [1.165, 1.54) is 64.2 Å². The van der Waals surface area contributed by atoms with Crippen LogP contribution in [0.15, 0.2) is 0 Å². The van der Waals surface area contributed by atoms with Gasteiger partial charge in [-0.05, 0) is 23.7 Å². The summed E-state index contributed by atoms with van der Waals surface area (Å²) in [6.07, 6.45) is 13.8. The molecule has 0 heterocycles. The lowest BCUT2D eigenvalue weighted by molar-refractivity contribution is 0.559. The van der Waals surface area contributed by atoms with Crippen molar-refractivity contribution in [1.82, 2.24) is 0 Å². The van der Waals surface area contributed by atoms with E-state index in [0.717, 1.165) is 17.3 Å². The van der Waals surface area contributed by atoms with Crippen LogP contribution in [0.1, 0.15) is 85.0 Å². The molecule has 0 unspecified atom stereocenters. The van der Waals surface area contributed by atoms with Gasteiger partial charge in [0.2, 0.25) is 0 Å². The third kappa shape index (κ3) is 10.3. The molecule has 1 N–H and O–H groups in total. The highest BCUT2D eigenvalue weighted by molar-refractivity contribution is 8.29. The maximum absolute atomic E-state index is 10.2. The summed E-state index contributed by atoms with van der Waals surface area (Å²) < 4.78 is 10.2. The summed E-state index contributed by atoms with van der Waals surface area (Å²) >= 11 is 0. The molecule has 0 bridgehead atoms. The zero-order valence-electron chi connectivity index (χ0n) is 13.0. The smallest absolute Gasteiger partial charge is 0.00126 e. The lowest BCUT2D eigenvalue weighted by atomic mass is 10.1. The van der Waals surface area contributed by atoms with Crippen molar-refractivity contribution in [2.24, 2.45) is 0 Å². The Morgan fingerprint density at radius 2 is 1.00 bits per heavy atom. The van der Waals surface area contributed by atoms with Gasteiger partial charge in [0.05, 0.1) is 0 Å². The monoisotopic (exact) mass is 276 g/mol. The van der Waals surface area contributed by atoms with Gasteiger partial charge >= 0.3 is 0 Å². The SMILES string of the molecule is CCCCCCCCCCCCS(O)(CC)CC. The van der Waals surface area contributed by atoms with Crippen molar-refractivity contribution in [3.05, 3.63) is 0 Å². The number of hydrogen-bond donors (Lipinski definition) is 1. The van der Waals surface area contributed by atoms with Crippen LogP contribution in [0, 0.1) is 0 Å². The molecule has 0 radical (unpaired) electrons. The van der Waals surface area contributed by atoms with Crippen LogP contribution in [0.3, 0.4) is 0 Å². The molecule has 0 rings (SSSR count). The Hall–Kier alpha value is 0.310. The Morgan fingerprint density at radius 3 is 1.39 bits per heavy atom. The minimum absolute atomic E-state index is 0.987. The Morgan fingerprint density at radius 1 is 0.611 bits per heavy atom. The Labute approximate surface area is 117 Å². The maximum atomic E-state index is 10.2. The highest BCUT2D eigenvalue weighted by atomic mass is 32.3. The molecule has 0 aromatic rings. The van der Waals surface area contributed by atoms with Gasteiger partial charge in [-0.3, -0.25) is 0 Å². The molecule has 2 heteroatoms. The van der Waals surface area contributed by atoms with Crippen LogP contribution < -0.4 is 0 Å². The van der Waals surface area contributed by atoms with Crippen LogP contribution >= 0.6 is 10.3 Å². The molecule has 0 aromatic carbocycles. The van der Waals surface area contributed by atoms with Crippen LogP contribution in [-0.2, 0) is 0 Å². The van der Waals surface area contributed by atoms with E-state index in [-0.39, 0.29) is 0 Å². The van der Waals surface area contributed by atoms with Crippen molar-refractivity contribution in [3.63, 3.8) is 0 Å². The summed E-state index contributed by atoms with van der Waals surface area (Å²) in [5.74, 6) is 3.05. The fourth-order valence-electron chi connectivity index (χ4n) is 2.35. The van der Waals surface area contributed by atoms with Gasteiger partial charge in [0.25, 0.3) is 0 Å². The summed E-state index contributed by atoms with van der Waals surface area (Å²) in [7, 11) is -1.22. The summed E-state index contributed by atoms with van der Waals surface area (Å²) in [6.45, 7) is 6.54. The van der Waals surface area contributed by atoms with Crippen LogP contribution in [0.5, 0.6) is 0 Å². The third-order valence-electron chi connectivity index (χ3n) is 3.95. The van der Waals surface area contributed by atoms with Gasteiger partial charge in [-0.1, -0.05) is 78.6 Å². The van der Waals surface area contributed by atoms with E-state index < -0.39 is 10.3 Å². The molecule has 0 aromatic heterocycles. The van der Waals surface area contributed by atoms with Crippen molar-refractivity contribution in [2.75, 3.05) is 17.3 Å². The molecule has 0 aliphatic heterocycles. The quantitative estimate of drug-likeness (QED) is 0.396. The Kier molecular flexibility index (Phi) is 12.6. The first-order valence-electron chi connectivity index (χ1n) is 8.17. The second kappa shape index (κ2) is 12.3. The predicted molar refractivity (Wildman–Crippen MR) is 88.0 cm³/mol. The highest BCUT2D eigenvalue weighted by Gasteiger charge is 2.14. The van der Waals surface area contributed by atoms with Crippen LogP contribution in [0.25, 0.3) is 0 Å². The van der Waals surface area contributed by atoms with Gasteiger partial charge in [-0.15, -0.1) is 10.3 Å². The summed E-state index contributed by atoms with van der Waals surface area (Å²) in [6, 6.07) is 0. The topological polar surface area (TPSA) is 20.2 Å². The zero-order chi connectivity index (χ0) is 13.7. The Bertz CT molecular complexity index is 166. The van der Waals surface area contributed by atoms with Crippen LogP contribution in [0.4, 0.5) is 0 Å². The van der Waals surface area contributed by atoms with E-state index in [1.807, 2.05) is 0 Å². The molecule has 112 valence electrons. The van der Waals surface area contributed by atoms with Crippen molar-refractivity contribution in [3.8, 4) is 0 Å². The number of hydrogen-bond acceptors (Lipinski definition) is 1. The molecule has 0 saturated heterocycles. The molecule has 0 fully saturated rings. The standard InChI is InChI=1S/C16H36OS/c1-4-7-8-9-10-11-12-13-14-15-16-18(17,5-2)6-3/h17H,4-16H2,1-3H3. The molecule has 1 nitrogen and oxygen atoms in total. The van der Waals surface area contributed by atoms with Gasteiger partial charge in [-0.2, -0.15) is 0 Å². The van der Waals surface area contributed by atoms with E-state index >= 15 is 0 Å². The van der Waals surface area contributed by atoms with Crippen molar-refractivity contribution >= 4 is 10.3 Å². The lowest BCUT2D eigenvalue weighted by Crippen LogP contribution is -2.09. The van der Waals surface area contributed by atoms with E-state index in [4.69, 9.17) is 0 Å². The summed E-state index contributed by atoms with van der Waals surface area (Å²) in [4.78, 5) is 0. The molecule has 0 aliphatic carbocycles. The van der Waals surface area contributed by atoms with Crippen molar-refractivity contribution in [2.45, 2.75) is 85.0 Å². The van der Waals surface area contributed by atoms with E-state index in [9.17, 15) is 4.55 Å². The van der Waals surface area contributed by atoms with Crippen LogP contribution in [0.2, 0.25) is 0 Å². The van der Waals surface area contributed by atoms with Crippen molar-refractivity contribution in [1.29, 1.82) is 0 Å². The predicted octanol–water partition coefficient (Wildman–Crippen LogP) is 6.22. The maximum Gasteiger partial charge on any atom is -0.00126 e. The number of unbranched alkanes of at least 4 members (excludes halogenated alkanes) is 9. The summed E-state index contributed by atoms with van der Waals surface area (Å²) in [5.41, 5.74) is 0. The van der Waals surface area contributed by atoms with E-state index in [0.29, 0.717) is 0 Å². The first-order valence-corrected chi connectivity index (χ1v) is 10.3. The number of rotatable bonds is 13. The van der Waals surface area contributed by atoms with Gasteiger partial charge in [0.1, 0.15) is 0 Å². The molecule has 0 aliphatic rings.